The molecule has 278 valence electrons. The fraction of sp³-hybridized carbons (Fsp3) is 0.707. The second-order valence-corrected chi connectivity index (χ2v) is 13.2. The first kappa shape index (κ1) is 53.3. The van der Waals surface area contributed by atoms with Crippen LogP contribution < -0.4 is 0 Å². The second kappa shape index (κ2) is 32.7. The van der Waals surface area contributed by atoms with Gasteiger partial charge in [0.25, 0.3) is 0 Å². The van der Waals surface area contributed by atoms with Crippen molar-refractivity contribution in [3.05, 3.63) is 78.0 Å². The van der Waals surface area contributed by atoms with Gasteiger partial charge in [0, 0.05) is 31.5 Å². The Kier molecular flexibility index (Phi) is 37.1. The van der Waals surface area contributed by atoms with Crippen molar-refractivity contribution in [1.29, 1.82) is 0 Å². The maximum absolute atomic E-state index is 8.84. The molecule has 2 aromatic rings. The predicted molar refractivity (Wildman–Crippen MR) is 198 cm³/mol. The van der Waals surface area contributed by atoms with Gasteiger partial charge in [0.1, 0.15) is 11.5 Å². The van der Waals surface area contributed by atoms with E-state index in [0.717, 1.165) is 30.1 Å². The van der Waals surface area contributed by atoms with Crippen LogP contribution in [0.15, 0.2) is 45.6 Å². The molecule has 4 aliphatic carbocycles. The number of rotatable bonds is 12. The summed E-state index contributed by atoms with van der Waals surface area (Å²) in [6, 6.07) is 8.15. The molecule has 1 N–H and O–H groups in total. The maximum atomic E-state index is 8.84. The number of hydrogen-bond acceptors (Lipinski definition) is 4. The summed E-state index contributed by atoms with van der Waals surface area (Å²) in [4.78, 5) is 2.80. The number of nitrogens with zero attached hydrogens (tertiary/aromatic N) is 1. The summed E-state index contributed by atoms with van der Waals surface area (Å²) in [6.45, 7) is 4.42. The first-order chi connectivity index (χ1) is 19.8. The van der Waals surface area contributed by atoms with Crippen molar-refractivity contribution < 1.29 is 48.1 Å². The third-order valence-electron chi connectivity index (χ3n) is 9.97. The molecule has 6 rings (SSSR count). The molecule has 4 nitrogen and oxygen atoms in total. The van der Waals surface area contributed by atoms with Gasteiger partial charge in [-0.25, -0.2) is 0 Å². The van der Waals surface area contributed by atoms with Crippen LogP contribution in [0.4, 0.5) is 0 Å². The van der Waals surface area contributed by atoms with Crippen molar-refractivity contribution in [2.24, 2.45) is 11.8 Å². The van der Waals surface area contributed by atoms with Gasteiger partial charge in [-0.2, -0.15) is 0 Å². The van der Waals surface area contributed by atoms with Gasteiger partial charge in [-0.1, -0.05) is 71.6 Å². The number of unbranched alkanes of at least 4 members (excludes halogenated alkanes) is 3. The monoisotopic (exact) mass is 741 g/mol. The van der Waals surface area contributed by atoms with Crippen molar-refractivity contribution >= 4 is 0 Å². The molecule has 0 unspecified atom stereocenters. The zero-order valence-corrected chi connectivity index (χ0v) is 32.4. The summed E-state index contributed by atoms with van der Waals surface area (Å²) < 4.78 is 10.6. The Morgan fingerprint density at radius 1 is 0.553 bits per heavy atom. The number of aliphatic hydroxyl groups excluding tert-OH is 1. The smallest absolute Gasteiger partial charge is 0.469 e. The van der Waals surface area contributed by atoms with Crippen molar-refractivity contribution in [3.63, 3.8) is 0 Å². The summed E-state index contributed by atoms with van der Waals surface area (Å²) in [7, 11) is 0. The van der Waals surface area contributed by atoms with E-state index in [4.69, 9.17) is 13.9 Å². The molecule has 0 saturated heterocycles. The molecule has 0 spiro atoms. The largest absolute Gasteiger partial charge is 2.00 e. The molecular weight excluding hydrogens is 666 g/mol. The average molecular weight is 742 g/mol. The maximum Gasteiger partial charge on any atom is 2.00 e. The van der Waals surface area contributed by atoms with Crippen LogP contribution in [0.3, 0.4) is 0 Å². The molecular formula is C41H75Fe2NO3. The van der Waals surface area contributed by atoms with Gasteiger partial charge in [-0.05, 0) is 107 Å². The molecule has 6 heteroatoms. The number of aliphatic hydroxyl groups is 1. The number of furan rings is 2. The molecule has 0 radical (unpaired) electrons. The van der Waals surface area contributed by atoms with Crippen LogP contribution in [0.2, 0.25) is 0 Å². The normalized spacial score (nSPS) is 17.6. The van der Waals surface area contributed by atoms with Crippen molar-refractivity contribution in [3.8, 4) is 0 Å². The molecule has 4 saturated carbocycles. The number of hydrogen-bond donors (Lipinski definition) is 1. The summed E-state index contributed by atoms with van der Waals surface area (Å²) in [5.74, 6) is 5.84. The van der Waals surface area contributed by atoms with E-state index in [9.17, 15) is 0 Å². The summed E-state index contributed by atoms with van der Waals surface area (Å²) in [6.07, 6.45) is 31.0. The zero-order chi connectivity index (χ0) is 27.7. The van der Waals surface area contributed by atoms with Gasteiger partial charge >= 0.3 is 34.1 Å². The fourth-order valence-electron chi connectivity index (χ4n) is 7.64. The van der Waals surface area contributed by atoms with E-state index < -0.39 is 0 Å². The molecule has 0 amide bonds. The van der Waals surface area contributed by atoms with Gasteiger partial charge in [0.05, 0.1) is 12.5 Å². The van der Waals surface area contributed by atoms with Crippen LogP contribution >= 0.6 is 0 Å². The minimum absolute atomic E-state index is 0. The summed E-state index contributed by atoms with van der Waals surface area (Å²) in [5, 5.41) is 8.84. The second-order valence-electron chi connectivity index (χ2n) is 13.2. The topological polar surface area (TPSA) is 49.8 Å². The van der Waals surface area contributed by atoms with Crippen LogP contribution in [-0.2, 0) is 34.1 Å². The van der Waals surface area contributed by atoms with E-state index in [2.05, 4.69) is 17.0 Å². The van der Waals surface area contributed by atoms with Gasteiger partial charge in [0.2, 0.25) is 0 Å². The fourth-order valence-corrected chi connectivity index (χ4v) is 7.64. The van der Waals surface area contributed by atoms with Gasteiger partial charge in [0.15, 0.2) is 0 Å². The van der Waals surface area contributed by atoms with Gasteiger partial charge in [-0.3, -0.25) is 0 Å². The van der Waals surface area contributed by atoms with E-state index in [1.54, 1.807) is 12.5 Å². The molecule has 2 heterocycles. The van der Waals surface area contributed by atoms with Crippen LogP contribution in [0.1, 0.15) is 159 Å². The SMILES string of the molecule is C.OCCCCCCN(CC1CCCC1)CC1CCCC1.[CH3-].[CH3-].[CH3-].[CH3-].[Fe+2].[Fe+2].c1coc(C2CCCC2)c1.c1coc(C2CCCC2)c1. The van der Waals surface area contributed by atoms with Crippen molar-refractivity contribution in [2.75, 3.05) is 26.2 Å². The zero-order valence-electron chi connectivity index (χ0n) is 30.2. The van der Waals surface area contributed by atoms with Crippen LogP contribution in [0.25, 0.3) is 0 Å². The van der Waals surface area contributed by atoms with E-state index in [0.29, 0.717) is 6.61 Å². The van der Waals surface area contributed by atoms with Gasteiger partial charge < -0.3 is 48.5 Å². The predicted octanol–water partition coefficient (Wildman–Crippen LogP) is 12.5. The molecule has 4 fully saturated rings. The molecule has 0 bridgehead atoms. The Hall–Kier alpha value is -0.481. The van der Waals surface area contributed by atoms with Crippen LogP contribution in [0.5, 0.6) is 0 Å². The van der Waals surface area contributed by atoms with Crippen LogP contribution in [0, 0.1) is 41.5 Å². The van der Waals surface area contributed by atoms with Crippen molar-refractivity contribution in [2.45, 2.75) is 148 Å². The molecule has 47 heavy (non-hydrogen) atoms. The average Bonchev–Trinajstić information content (AvgIpc) is 3.83. The van der Waals surface area contributed by atoms with Gasteiger partial charge in [-0.15, -0.1) is 0 Å². The molecule has 0 aliphatic heterocycles. The Morgan fingerprint density at radius 2 is 0.915 bits per heavy atom. The van der Waals surface area contributed by atoms with E-state index in [-0.39, 0.29) is 71.3 Å². The molecule has 0 atom stereocenters. The molecule has 2 aromatic heterocycles. The Morgan fingerprint density at radius 3 is 1.26 bits per heavy atom. The van der Waals surface area contributed by atoms with E-state index in [1.165, 1.54) is 153 Å². The van der Waals surface area contributed by atoms with E-state index >= 15 is 0 Å². The standard InChI is InChI=1S/C18H35NO.2C9H12O.CH4.4CH3.2Fe/c20-14-8-2-1-7-13-19(15-17-9-3-4-10-17)16-18-11-5-6-12-18;2*1-2-5-8(4-1)9-6-3-7-10-9;;;;;;;/h17-18,20H,1-16H2;2*3,6-8H,1-2,4-5H2;1H4;4*1H3;;/q;;;;4*-1;2*+2. The van der Waals surface area contributed by atoms with Crippen molar-refractivity contribution in [1.82, 2.24) is 4.90 Å². The first-order valence-electron chi connectivity index (χ1n) is 17.2. The molecule has 0 aromatic carbocycles. The van der Waals surface area contributed by atoms with E-state index in [1.807, 2.05) is 12.1 Å². The molecule has 4 aliphatic rings. The third kappa shape index (κ3) is 20.7. The Bertz CT molecular complexity index is 772. The minimum atomic E-state index is 0. The summed E-state index contributed by atoms with van der Waals surface area (Å²) >= 11 is 0. The Balaban J connectivity index is -0.000000295. The Labute approximate surface area is 315 Å². The first-order valence-corrected chi connectivity index (χ1v) is 17.2. The summed E-state index contributed by atoms with van der Waals surface area (Å²) in [5.41, 5.74) is 0. The minimum Gasteiger partial charge on any atom is -0.469 e. The van der Waals surface area contributed by atoms with Crippen LogP contribution in [-0.4, -0.2) is 36.2 Å². The third-order valence-corrected chi connectivity index (χ3v) is 9.97. The quantitative estimate of drug-likeness (QED) is 0.134.